The minimum atomic E-state index is -3.08. The van der Waals surface area contributed by atoms with Gasteiger partial charge in [-0.2, -0.15) is 0 Å². The van der Waals surface area contributed by atoms with Gasteiger partial charge in [-0.3, -0.25) is 0 Å². The first-order valence-electron chi connectivity index (χ1n) is 3.97. The second-order valence-corrected chi connectivity index (χ2v) is 5.94. The zero-order chi connectivity index (χ0) is 9.90. The highest BCUT2D eigenvalue weighted by Crippen LogP contribution is 2.25. The van der Waals surface area contributed by atoms with Gasteiger partial charge in [0.2, 0.25) is 0 Å². The molecule has 72 valence electrons. The summed E-state index contributed by atoms with van der Waals surface area (Å²) < 4.78 is 22.6. The Bertz CT molecular complexity index is 382. The van der Waals surface area contributed by atoms with Crippen molar-refractivity contribution in [3.63, 3.8) is 0 Å². The second-order valence-electron chi connectivity index (χ2n) is 2.65. The molecule has 0 aliphatic carbocycles. The van der Waals surface area contributed by atoms with Crippen molar-refractivity contribution in [2.24, 2.45) is 0 Å². The van der Waals surface area contributed by atoms with Crippen molar-refractivity contribution in [1.29, 1.82) is 0 Å². The number of benzene rings is 1. The molecule has 0 bridgehead atoms. The van der Waals surface area contributed by atoms with E-state index in [4.69, 9.17) is 0 Å². The fourth-order valence-electron chi connectivity index (χ4n) is 1.03. The van der Waals surface area contributed by atoms with Gasteiger partial charge in [0.15, 0.2) is 9.84 Å². The maximum atomic E-state index is 11.3. The molecule has 2 nitrogen and oxygen atoms in total. The lowest BCUT2D eigenvalue weighted by molar-refractivity contribution is 0.600. The Kier molecular flexibility index (Phi) is 3.39. The van der Waals surface area contributed by atoms with Crippen LogP contribution in [0.25, 0.3) is 0 Å². The smallest absolute Gasteiger partial charge is 0.176 e. The predicted octanol–water partition coefficient (Wildman–Crippen LogP) is 2.20. The first-order valence-corrected chi connectivity index (χ1v) is 6.85. The van der Waals surface area contributed by atoms with Crippen molar-refractivity contribution in [2.45, 2.75) is 16.7 Å². The van der Waals surface area contributed by atoms with Gasteiger partial charge in [0.25, 0.3) is 0 Å². The summed E-state index contributed by atoms with van der Waals surface area (Å²) in [5, 5.41) is 0. The van der Waals surface area contributed by atoms with Gasteiger partial charge in [0, 0.05) is 11.2 Å². The zero-order valence-electron chi connectivity index (χ0n) is 7.65. The molecule has 0 N–H and O–H groups in total. The third kappa shape index (κ3) is 2.74. The minimum absolute atomic E-state index is 0.432. The maximum absolute atomic E-state index is 11.3. The van der Waals surface area contributed by atoms with Crippen LogP contribution in [0.1, 0.15) is 6.92 Å². The fraction of sp³-hybridized carbons (Fsp3) is 0.333. The van der Waals surface area contributed by atoms with E-state index in [0.29, 0.717) is 4.90 Å². The molecule has 0 saturated heterocycles. The van der Waals surface area contributed by atoms with Crippen molar-refractivity contribution < 1.29 is 8.42 Å². The van der Waals surface area contributed by atoms with Crippen LogP contribution in [0.3, 0.4) is 0 Å². The lowest BCUT2D eigenvalue weighted by Gasteiger charge is -2.04. The third-order valence-corrected chi connectivity index (χ3v) is 3.79. The van der Waals surface area contributed by atoms with Crippen molar-refractivity contribution >= 4 is 21.6 Å². The van der Waals surface area contributed by atoms with E-state index in [-0.39, 0.29) is 0 Å². The van der Waals surface area contributed by atoms with Crippen LogP contribution in [0.2, 0.25) is 0 Å². The lowest BCUT2D eigenvalue weighted by atomic mass is 10.4. The van der Waals surface area contributed by atoms with E-state index in [2.05, 4.69) is 0 Å². The van der Waals surface area contributed by atoms with Gasteiger partial charge in [-0.25, -0.2) is 8.42 Å². The summed E-state index contributed by atoms with van der Waals surface area (Å²) in [5.74, 6) is 0.881. The Balaban J connectivity index is 3.20. The molecule has 0 atom stereocenters. The standard InChI is InChI=1S/C9H12O2S2/c1-3-12-8-6-4-5-7-9(8)13(2,10)11/h4-7H,3H2,1-2H3. The highest BCUT2D eigenvalue weighted by molar-refractivity contribution is 8.00. The van der Waals surface area contributed by atoms with Crippen LogP contribution in [-0.2, 0) is 9.84 Å². The van der Waals surface area contributed by atoms with Gasteiger partial charge in [0.1, 0.15) is 0 Å². The molecule has 1 rings (SSSR count). The minimum Gasteiger partial charge on any atom is -0.224 e. The molecule has 0 unspecified atom stereocenters. The molecule has 0 spiro atoms. The summed E-state index contributed by atoms with van der Waals surface area (Å²) in [6.07, 6.45) is 1.24. The van der Waals surface area contributed by atoms with Crippen LogP contribution in [0.15, 0.2) is 34.1 Å². The molecule has 13 heavy (non-hydrogen) atoms. The van der Waals surface area contributed by atoms with Crippen molar-refractivity contribution in [2.75, 3.05) is 12.0 Å². The van der Waals surface area contributed by atoms with Gasteiger partial charge in [-0.05, 0) is 17.9 Å². The van der Waals surface area contributed by atoms with Crippen LogP contribution in [0.5, 0.6) is 0 Å². The van der Waals surface area contributed by atoms with Crippen LogP contribution < -0.4 is 0 Å². The fourth-order valence-corrected chi connectivity index (χ4v) is 3.12. The Labute approximate surface area is 83.3 Å². The Morgan fingerprint density at radius 3 is 2.46 bits per heavy atom. The molecular formula is C9H12O2S2. The molecule has 1 aromatic rings. The lowest BCUT2D eigenvalue weighted by Crippen LogP contribution is -1.98. The highest BCUT2D eigenvalue weighted by atomic mass is 32.2. The van der Waals surface area contributed by atoms with Gasteiger partial charge < -0.3 is 0 Å². The monoisotopic (exact) mass is 216 g/mol. The molecule has 0 fully saturated rings. The van der Waals surface area contributed by atoms with Crippen LogP contribution in [0.4, 0.5) is 0 Å². The second kappa shape index (κ2) is 4.15. The van der Waals surface area contributed by atoms with Gasteiger partial charge >= 0.3 is 0 Å². The summed E-state index contributed by atoms with van der Waals surface area (Å²) >= 11 is 1.55. The Morgan fingerprint density at radius 2 is 1.92 bits per heavy atom. The summed E-state index contributed by atoms with van der Waals surface area (Å²) in [7, 11) is -3.08. The van der Waals surface area contributed by atoms with E-state index in [0.717, 1.165) is 10.6 Å². The molecule has 0 aliphatic heterocycles. The summed E-state index contributed by atoms with van der Waals surface area (Å²) in [5.41, 5.74) is 0. The summed E-state index contributed by atoms with van der Waals surface area (Å²) in [4.78, 5) is 1.27. The van der Waals surface area contributed by atoms with Gasteiger partial charge in [-0.1, -0.05) is 19.1 Å². The molecule has 0 radical (unpaired) electrons. The molecule has 4 heteroatoms. The van der Waals surface area contributed by atoms with E-state index in [1.165, 1.54) is 6.26 Å². The summed E-state index contributed by atoms with van der Waals surface area (Å²) in [6, 6.07) is 7.08. The van der Waals surface area contributed by atoms with Crippen molar-refractivity contribution in [3.05, 3.63) is 24.3 Å². The van der Waals surface area contributed by atoms with E-state index in [1.807, 2.05) is 19.1 Å². The predicted molar refractivity (Wildman–Crippen MR) is 55.9 cm³/mol. The Morgan fingerprint density at radius 1 is 1.31 bits per heavy atom. The third-order valence-electron chi connectivity index (χ3n) is 1.55. The normalized spacial score (nSPS) is 11.5. The first-order chi connectivity index (χ1) is 6.05. The van der Waals surface area contributed by atoms with E-state index >= 15 is 0 Å². The summed E-state index contributed by atoms with van der Waals surface area (Å²) in [6.45, 7) is 2.00. The first kappa shape index (κ1) is 10.6. The molecule has 0 amide bonds. The molecule has 0 heterocycles. The molecular weight excluding hydrogens is 204 g/mol. The zero-order valence-corrected chi connectivity index (χ0v) is 9.28. The molecule has 1 aromatic carbocycles. The van der Waals surface area contributed by atoms with Gasteiger partial charge in [-0.15, -0.1) is 11.8 Å². The van der Waals surface area contributed by atoms with Crippen LogP contribution in [-0.4, -0.2) is 20.4 Å². The molecule has 0 aliphatic rings. The number of hydrogen-bond acceptors (Lipinski definition) is 3. The van der Waals surface area contributed by atoms with Crippen LogP contribution >= 0.6 is 11.8 Å². The van der Waals surface area contributed by atoms with Crippen molar-refractivity contribution in [3.8, 4) is 0 Å². The number of sulfone groups is 1. The average molecular weight is 216 g/mol. The molecule has 0 saturated carbocycles. The van der Waals surface area contributed by atoms with Gasteiger partial charge in [0.05, 0.1) is 4.90 Å². The quantitative estimate of drug-likeness (QED) is 0.726. The number of thioether (sulfide) groups is 1. The topological polar surface area (TPSA) is 34.1 Å². The SMILES string of the molecule is CCSc1ccccc1S(C)(=O)=O. The number of rotatable bonds is 3. The Hall–Kier alpha value is -0.480. The van der Waals surface area contributed by atoms with Crippen LogP contribution in [0, 0.1) is 0 Å². The maximum Gasteiger partial charge on any atom is 0.176 e. The van der Waals surface area contributed by atoms with Crippen molar-refractivity contribution in [1.82, 2.24) is 0 Å². The highest BCUT2D eigenvalue weighted by Gasteiger charge is 2.11. The van der Waals surface area contributed by atoms with E-state index < -0.39 is 9.84 Å². The molecule has 0 aromatic heterocycles. The van der Waals surface area contributed by atoms with E-state index in [1.54, 1.807) is 23.9 Å². The largest absolute Gasteiger partial charge is 0.224 e. The average Bonchev–Trinajstić information content (AvgIpc) is 2.04. The van der Waals surface area contributed by atoms with E-state index in [9.17, 15) is 8.42 Å². The number of hydrogen-bond donors (Lipinski definition) is 0.